The quantitative estimate of drug-likeness (QED) is 0.749. The van der Waals surface area contributed by atoms with Crippen molar-refractivity contribution in [1.29, 1.82) is 0 Å². The van der Waals surface area contributed by atoms with Gasteiger partial charge in [-0.3, -0.25) is 9.69 Å². The summed E-state index contributed by atoms with van der Waals surface area (Å²) in [6.45, 7) is 0.937. The van der Waals surface area contributed by atoms with Crippen LogP contribution in [-0.2, 0) is 11.3 Å². The van der Waals surface area contributed by atoms with Crippen molar-refractivity contribution in [3.63, 3.8) is 0 Å². The number of nitrogens with zero attached hydrogens (tertiary/aromatic N) is 2. The zero-order chi connectivity index (χ0) is 17.7. The number of carbonyl (C=O) groups is 1. The molecule has 1 unspecified atom stereocenters. The fraction of sp³-hybridized carbons (Fsp3) is 0.588. The van der Waals surface area contributed by atoms with Gasteiger partial charge < -0.3 is 4.90 Å². The van der Waals surface area contributed by atoms with E-state index in [1.54, 1.807) is 11.8 Å². The number of halogens is 3. The molecule has 0 saturated carbocycles. The van der Waals surface area contributed by atoms with Crippen LogP contribution < -0.4 is 0 Å². The maximum absolute atomic E-state index is 12.8. The van der Waals surface area contributed by atoms with Crippen molar-refractivity contribution in [2.75, 3.05) is 32.9 Å². The molecule has 1 aromatic rings. The molecule has 0 N–H and O–H groups in total. The number of likely N-dealkylation sites (tertiary alicyclic amines) is 1. The van der Waals surface area contributed by atoms with Crippen molar-refractivity contribution in [2.45, 2.75) is 30.5 Å². The summed E-state index contributed by atoms with van der Waals surface area (Å²) in [5, 5.41) is 0. The van der Waals surface area contributed by atoms with Crippen molar-refractivity contribution in [3.8, 4) is 0 Å². The number of carbonyl (C=O) groups excluding carboxylic acids is 1. The Kier molecular flexibility index (Phi) is 6.57. The zero-order valence-electron chi connectivity index (χ0n) is 14.0. The highest BCUT2D eigenvalue weighted by Gasteiger charge is 2.42. The van der Waals surface area contributed by atoms with E-state index in [9.17, 15) is 18.0 Å². The van der Waals surface area contributed by atoms with Crippen LogP contribution in [0, 0.1) is 5.92 Å². The number of alkyl halides is 3. The second-order valence-electron chi connectivity index (χ2n) is 6.24. The Morgan fingerprint density at radius 2 is 2.00 bits per heavy atom. The van der Waals surface area contributed by atoms with Crippen LogP contribution in [0.25, 0.3) is 0 Å². The van der Waals surface area contributed by atoms with Crippen LogP contribution in [0.15, 0.2) is 29.2 Å². The number of rotatable bonds is 5. The van der Waals surface area contributed by atoms with Crippen LogP contribution in [0.5, 0.6) is 0 Å². The summed E-state index contributed by atoms with van der Waals surface area (Å²) in [6.07, 6.45) is -1.68. The average Bonchev–Trinajstić information content (AvgIpc) is 2.54. The van der Waals surface area contributed by atoms with Gasteiger partial charge >= 0.3 is 6.18 Å². The molecule has 0 bridgehead atoms. The molecule has 7 heteroatoms. The van der Waals surface area contributed by atoms with Crippen LogP contribution in [0.3, 0.4) is 0 Å². The maximum atomic E-state index is 12.8. The molecule has 1 saturated heterocycles. The third kappa shape index (κ3) is 5.41. The van der Waals surface area contributed by atoms with Crippen LogP contribution in [-0.4, -0.2) is 54.8 Å². The second-order valence-corrected chi connectivity index (χ2v) is 7.12. The predicted molar refractivity (Wildman–Crippen MR) is 89.9 cm³/mol. The van der Waals surface area contributed by atoms with E-state index in [4.69, 9.17) is 0 Å². The molecule has 3 nitrogen and oxygen atoms in total. The first-order valence-electron chi connectivity index (χ1n) is 7.95. The van der Waals surface area contributed by atoms with Crippen molar-refractivity contribution in [3.05, 3.63) is 29.8 Å². The zero-order valence-corrected chi connectivity index (χ0v) is 14.8. The molecular weight excluding hydrogens is 337 g/mol. The van der Waals surface area contributed by atoms with Gasteiger partial charge in [0.25, 0.3) is 0 Å². The Labute approximate surface area is 145 Å². The van der Waals surface area contributed by atoms with Gasteiger partial charge in [-0.25, -0.2) is 0 Å². The topological polar surface area (TPSA) is 23.6 Å². The summed E-state index contributed by atoms with van der Waals surface area (Å²) in [7, 11) is 1.81. The molecule has 1 fully saturated rings. The van der Waals surface area contributed by atoms with Crippen molar-refractivity contribution in [1.82, 2.24) is 9.80 Å². The van der Waals surface area contributed by atoms with E-state index in [2.05, 4.69) is 0 Å². The Morgan fingerprint density at radius 1 is 1.33 bits per heavy atom. The lowest BCUT2D eigenvalue weighted by Crippen LogP contribution is -2.47. The van der Waals surface area contributed by atoms with E-state index < -0.39 is 12.1 Å². The molecule has 1 aliphatic heterocycles. The van der Waals surface area contributed by atoms with E-state index in [0.717, 1.165) is 5.56 Å². The molecule has 1 aliphatic rings. The van der Waals surface area contributed by atoms with Crippen LogP contribution >= 0.6 is 11.8 Å². The number of hydrogen-bond donors (Lipinski definition) is 0. The third-order valence-corrected chi connectivity index (χ3v) is 5.00. The first-order valence-corrected chi connectivity index (χ1v) is 9.18. The maximum Gasteiger partial charge on any atom is 0.393 e. The molecular formula is C17H23F3N2OS. The average molecular weight is 360 g/mol. The molecule has 0 aliphatic carbocycles. The standard InChI is InChI=1S/C17H23F3N2OS/c1-21(10-13-5-7-15(24-2)8-6-13)12-16(23)22-9-3-4-14(11-22)17(18,19)20/h5-8,14H,3-4,9-12H2,1-2H3. The summed E-state index contributed by atoms with van der Waals surface area (Å²) in [5.41, 5.74) is 1.08. The van der Waals surface area contributed by atoms with Gasteiger partial charge in [0, 0.05) is 24.5 Å². The van der Waals surface area contributed by atoms with Gasteiger partial charge in [-0.15, -0.1) is 11.8 Å². The first-order chi connectivity index (χ1) is 11.3. The highest BCUT2D eigenvalue weighted by Crippen LogP contribution is 2.33. The molecule has 1 aromatic carbocycles. The van der Waals surface area contributed by atoms with Crippen LogP contribution in [0.1, 0.15) is 18.4 Å². The van der Waals surface area contributed by atoms with Gasteiger partial charge in [0.1, 0.15) is 0 Å². The van der Waals surface area contributed by atoms with Crippen LogP contribution in [0.4, 0.5) is 13.2 Å². The Balaban J connectivity index is 1.86. The number of benzene rings is 1. The smallest absolute Gasteiger partial charge is 0.341 e. The summed E-state index contributed by atoms with van der Waals surface area (Å²) < 4.78 is 38.5. The van der Waals surface area contributed by atoms with E-state index >= 15 is 0 Å². The minimum Gasteiger partial charge on any atom is -0.341 e. The van der Waals surface area contributed by atoms with Crippen molar-refractivity contribution >= 4 is 17.7 Å². The number of piperidine rings is 1. The highest BCUT2D eigenvalue weighted by atomic mass is 32.2. The van der Waals surface area contributed by atoms with Gasteiger partial charge in [-0.1, -0.05) is 12.1 Å². The SMILES string of the molecule is CSc1ccc(CN(C)CC(=O)N2CCCC(C(F)(F)F)C2)cc1. The van der Waals surface area contributed by atoms with E-state index in [-0.39, 0.29) is 25.4 Å². The fourth-order valence-electron chi connectivity index (χ4n) is 2.90. The lowest BCUT2D eigenvalue weighted by atomic mass is 9.97. The normalized spacial score (nSPS) is 18.9. The van der Waals surface area contributed by atoms with Gasteiger partial charge in [-0.2, -0.15) is 13.2 Å². The predicted octanol–water partition coefficient (Wildman–Crippen LogP) is 3.64. The summed E-state index contributed by atoms with van der Waals surface area (Å²) in [5.74, 6) is -1.62. The molecule has 1 amide bonds. The second kappa shape index (κ2) is 8.25. The number of likely N-dealkylation sites (N-methyl/N-ethyl adjacent to an activating group) is 1. The molecule has 0 aromatic heterocycles. The fourth-order valence-corrected chi connectivity index (χ4v) is 3.31. The minimum absolute atomic E-state index is 0.116. The molecule has 1 atom stereocenters. The Morgan fingerprint density at radius 3 is 2.58 bits per heavy atom. The Hall–Kier alpha value is -1.21. The molecule has 2 rings (SSSR count). The summed E-state index contributed by atoms with van der Waals surface area (Å²) in [4.78, 5) is 16.7. The van der Waals surface area contributed by atoms with E-state index in [1.807, 2.05) is 42.5 Å². The monoisotopic (exact) mass is 360 g/mol. The molecule has 0 spiro atoms. The highest BCUT2D eigenvalue weighted by molar-refractivity contribution is 7.98. The van der Waals surface area contributed by atoms with Gasteiger partial charge in [0.15, 0.2) is 0 Å². The summed E-state index contributed by atoms with van der Waals surface area (Å²) >= 11 is 1.66. The third-order valence-electron chi connectivity index (χ3n) is 4.25. The number of amides is 1. The first kappa shape index (κ1) is 19.1. The number of thioether (sulfide) groups is 1. The molecule has 134 valence electrons. The molecule has 1 heterocycles. The van der Waals surface area contributed by atoms with Crippen molar-refractivity contribution in [2.24, 2.45) is 5.92 Å². The van der Waals surface area contributed by atoms with Gasteiger partial charge in [0.2, 0.25) is 5.91 Å². The van der Waals surface area contributed by atoms with E-state index in [1.165, 1.54) is 9.80 Å². The van der Waals surface area contributed by atoms with Gasteiger partial charge in [-0.05, 0) is 43.8 Å². The summed E-state index contributed by atoms with van der Waals surface area (Å²) in [6, 6.07) is 8.06. The van der Waals surface area contributed by atoms with Gasteiger partial charge in [0.05, 0.1) is 12.5 Å². The largest absolute Gasteiger partial charge is 0.393 e. The lowest BCUT2D eigenvalue weighted by Gasteiger charge is -2.34. The van der Waals surface area contributed by atoms with Crippen molar-refractivity contribution < 1.29 is 18.0 Å². The minimum atomic E-state index is -4.22. The molecule has 0 radical (unpaired) electrons. The number of hydrogen-bond acceptors (Lipinski definition) is 3. The lowest BCUT2D eigenvalue weighted by molar-refractivity contribution is -0.188. The molecule has 24 heavy (non-hydrogen) atoms. The Bertz CT molecular complexity index is 548. The van der Waals surface area contributed by atoms with Crippen LogP contribution in [0.2, 0.25) is 0 Å². The van der Waals surface area contributed by atoms with E-state index in [0.29, 0.717) is 19.5 Å².